The molecule has 0 spiro atoms. The smallest absolute Gasteiger partial charge is 0.162 e. The zero-order valence-corrected chi connectivity index (χ0v) is 18.2. The van der Waals surface area contributed by atoms with Crippen molar-refractivity contribution in [2.75, 3.05) is 34.3 Å². The van der Waals surface area contributed by atoms with Crippen molar-refractivity contribution in [1.82, 2.24) is 10.2 Å². The van der Waals surface area contributed by atoms with Gasteiger partial charge in [0.1, 0.15) is 12.4 Å². The third kappa shape index (κ3) is 6.64. The van der Waals surface area contributed by atoms with E-state index in [0.717, 1.165) is 29.5 Å². The number of benzene rings is 2. The molecule has 0 aliphatic heterocycles. The van der Waals surface area contributed by atoms with Gasteiger partial charge in [-0.25, -0.2) is 4.39 Å². The van der Waals surface area contributed by atoms with Crippen molar-refractivity contribution in [2.24, 2.45) is 0 Å². The molecule has 0 saturated carbocycles. The van der Waals surface area contributed by atoms with Crippen LogP contribution in [0.5, 0.6) is 11.5 Å². The standard InChI is InChI=1S/C20H25BrClFN2O2/c1-25(2)9-5-8-24-12-14-10-19(26-3)20(11-16(14)21)27-13-15-17(22)6-4-7-18(15)23/h4,6-7,10-11,24H,5,8-9,12-13H2,1-3H3. The molecule has 7 heteroatoms. The second-order valence-corrected chi connectivity index (χ2v) is 7.68. The lowest BCUT2D eigenvalue weighted by atomic mass is 10.2. The fourth-order valence-electron chi connectivity index (χ4n) is 2.55. The highest BCUT2D eigenvalue weighted by molar-refractivity contribution is 9.10. The van der Waals surface area contributed by atoms with Crippen LogP contribution >= 0.6 is 27.5 Å². The number of nitrogens with zero attached hydrogens (tertiary/aromatic N) is 1. The van der Waals surface area contributed by atoms with E-state index in [4.69, 9.17) is 21.1 Å². The molecule has 2 aromatic rings. The minimum absolute atomic E-state index is 0.0242. The molecule has 1 N–H and O–H groups in total. The molecule has 2 aromatic carbocycles. The minimum Gasteiger partial charge on any atom is -0.493 e. The Balaban J connectivity index is 2.02. The molecule has 0 aliphatic rings. The van der Waals surface area contributed by atoms with Crippen LogP contribution in [0.2, 0.25) is 5.02 Å². The molecule has 0 bridgehead atoms. The van der Waals surface area contributed by atoms with Gasteiger partial charge in [0.05, 0.1) is 12.1 Å². The third-order valence-electron chi connectivity index (χ3n) is 4.04. The number of rotatable bonds is 10. The Labute approximate surface area is 173 Å². The van der Waals surface area contributed by atoms with E-state index in [9.17, 15) is 4.39 Å². The van der Waals surface area contributed by atoms with Gasteiger partial charge in [0.25, 0.3) is 0 Å². The molecular formula is C20H25BrClFN2O2. The topological polar surface area (TPSA) is 33.7 Å². The van der Waals surface area contributed by atoms with Crippen molar-refractivity contribution in [2.45, 2.75) is 19.6 Å². The highest BCUT2D eigenvalue weighted by Crippen LogP contribution is 2.34. The second-order valence-electron chi connectivity index (χ2n) is 6.42. The number of hydrogen-bond donors (Lipinski definition) is 1. The summed E-state index contributed by atoms with van der Waals surface area (Å²) in [7, 11) is 5.71. The predicted molar refractivity (Wildman–Crippen MR) is 111 cm³/mol. The monoisotopic (exact) mass is 458 g/mol. The molecule has 0 aliphatic carbocycles. The molecule has 0 atom stereocenters. The first kappa shape index (κ1) is 22.0. The molecule has 2 rings (SSSR count). The zero-order valence-electron chi connectivity index (χ0n) is 15.8. The van der Waals surface area contributed by atoms with Crippen molar-refractivity contribution in [1.29, 1.82) is 0 Å². The van der Waals surface area contributed by atoms with Crippen LogP contribution in [0.25, 0.3) is 0 Å². The van der Waals surface area contributed by atoms with Crippen molar-refractivity contribution in [3.63, 3.8) is 0 Å². The summed E-state index contributed by atoms with van der Waals surface area (Å²) in [5.74, 6) is 0.731. The van der Waals surface area contributed by atoms with Crippen LogP contribution in [0, 0.1) is 5.82 Å². The van der Waals surface area contributed by atoms with Gasteiger partial charge < -0.3 is 19.7 Å². The Kier molecular flexibility index (Phi) is 8.83. The SMILES string of the molecule is COc1cc(CNCCCN(C)C)c(Br)cc1OCc1c(F)cccc1Cl. The lowest BCUT2D eigenvalue weighted by Crippen LogP contribution is -2.21. The van der Waals surface area contributed by atoms with Crippen molar-refractivity contribution in [3.8, 4) is 11.5 Å². The van der Waals surface area contributed by atoms with Crippen molar-refractivity contribution in [3.05, 3.63) is 56.8 Å². The zero-order chi connectivity index (χ0) is 19.8. The van der Waals surface area contributed by atoms with Gasteiger partial charge in [-0.15, -0.1) is 0 Å². The number of methoxy groups -OCH3 is 1. The molecule has 0 heterocycles. The lowest BCUT2D eigenvalue weighted by molar-refractivity contribution is 0.279. The Bertz CT molecular complexity index is 739. The van der Waals surface area contributed by atoms with E-state index in [2.05, 4.69) is 40.2 Å². The molecule has 0 aromatic heterocycles. The van der Waals surface area contributed by atoms with Gasteiger partial charge >= 0.3 is 0 Å². The summed E-state index contributed by atoms with van der Waals surface area (Å²) in [6.07, 6.45) is 1.08. The minimum atomic E-state index is -0.390. The predicted octanol–water partition coefficient (Wildman–Crippen LogP) is 4.87. The van der Waals surface area contributed by atoms with Crippen LogP contribution in [0.3, 0.4) is 0 Å². The second kappa shape index (κ2) is 10.9. The quantitative estimate of drug-likeness (QED) is 0.514. The highest BCUT2D eigenvalue weighted by Gasteiger charge is 2.13. The average molecular weight is 460 g/mol. The lowest BCUT2D eigenvalue weighted by Gasteiger charge is -2.15. The first-order valence-electron chi connectivity index (χ1n) is 8.70. The Morgan fingerprint density at radius 1 is 1.22 bits per heavy atom. The maximum absolute atomic E-state index is 13.9. The fourth-order valence-corrected chi connectivity index (χ4v) is 3.23. The van der Waals surface area contributed by atoms with E-state index in [1.54, 1.807) is 19.2 Å². The summed E-state index contributed by atoms with van der Waals surface area (Å²) in [4.78, 5) is 2.16. The van der Waals surface area contributed by atoms with E-state index in [1.165, 1.54) is 6.07 Å². The molecule has 148 valence electrons. The number of hydrogen-bond acceptors (Lipinski definition) is 4. The normalized spacial score (nSPS) is 11.1. The Hall–Kier alpha value is -1.34. The third-order valence-corrected chi connectivity index (χ3v) is 5.13. The van der Waals surface area contributed by atoms with E-state index in [0.29, 0.717) is 28.6 Å². The van der Waals surface area contributed by atoms with E-state index < -0.39 is 0 Å². The summed E-state index contributed by atoms with van der Waals surface area (Å²) in [6, 6.07) is 8.33. The summed E-state index contributed by atoms with van der Waals surface area (Å²) in [5, 5.41) is 3.76. The first-order valence-corrected chi connectivity index (χ1v) is 9.87. The van der Waals surface area contributed by atoms with Gasteiger partial charge in [0, 0.05) is 16.6 Å². The molecule has 27 heavy (non-hydrogen) atoms. The Morgan fingerprint density at radius 3 is 2.67 bits per heavy atom. The molecule has 0 amide bonds. The molecule has 0 fully saturated rings. The molecule has 0 unspecified atom stereocenters. The van der Waals surface area contributed by atoms with Crippen molar-refractivity contribution >= 4 is 27.5 Å². The summed E-state index contributed by atoms with van der Waals surface area (Å²) in [6.45, 7) is 2.71. The number of ether oxygens (including phenoxy) is 2. The maximum atomic E-state index is 13.9. The van der Waals surface area contributed by atoms with E-state index >= 15 is 0 Å². The number of nitrogens with one attached hydrogen (secondary N) is 1. The van der Waals surface area contributed by atoms with E-state index in [1.807, 2.05) is 12.1 Å². The molecular weight excluding hydrogens is 435 g/mol. The highest BCUT2D eigenvalue weighted by atomic mass is 79.9. The van der Waals surface area contributed by atoms with Gasteiger partial charge in [-0.2, -0.15) is 0 Å². The van der Waals surface area contributed by atoms with Crippen LogP contribution in [0.4, 0.5) is 4.39 Å². The van der Waals surface area contributed by atoms with Crippen LogP contribution < -0.4 is 14.8 Å². The van der Waals surface area contributed by atoms with Crippen LogP contribution in [-0.2, 0) is 13.2 Å². The summed E-state index contributed by atoms with van der Waals surface area (Å²) >= 11 is 9.63. The molecule has 0 saturated heterocycles. The fraction of sp³-hybridized carbons (Fsp3) is 0.400. The van der Waals surface area contributed by atoms with E-state index in [-0.39, 0.29) is 12.4 Å². The Morgan fingerprint density at radius 2 is 2.00 bits per heavy atom. The first-order chi connectivity index (χ1) is 12.9. The van der Waals surface area contributed by atoms with Crippen LogP contribution in [-0.4, -0.2) is 39.2 Å². The largest absolute Gasteiger partial charge is 0.493 e. The van der Waals surface area contributed by atoms with Gasteiger partial charge in [-0.05, 0) is 63.4 Å². The van der Waals surface area contributed by atoms with Gasteiger partial charge in [0.2, 0.25) is 0 Å². The van der Waals surface area contributed by atoms with Gasteiger partial charge in [-0.1, -0.05) is 33.6 Å². The molecule has 0 radical (unpaired) electrons. The van der Waals surface area contributed by atoms with Gasteiger partial charge in [-0.3, -0.25) is 0 Å². The number of halogens is 3. The van der Waals surface area contributed by atoms with Crippen molar-refractivity contribution < 1.29 is 13.9 Å². The van der Waals surface area contributed by atoms with Crippen LogP contribution in [0.15, 0.2) is 34.8 Å². The van der Waals surface area contributed by atoms with Crippen LogP contribution in [0.1, 0.15) is 17.5 Å². The molecule has 4 nitrogen and oxygen atoms in total. The summed E-state index contributed by atoms with van der Waals surface area (Å²) < 4.78 is 26.0. The maximum Gasteiger partial charge on any atom is 0.162 e. The average Bonchev–Trinajstić information content (AvgIpc) is 2.62. The summed E-state index contributed by atoms with van der Waals surface area (Å²) in [5.41, 5.74) is 1.39. The van der Waals surface area contributed by atoms with Gasteiger partial charge in [0.15, 0.2) is 11.5 Å².